The van der Waals surface area contributed by atoms with E-state index >= 15 is 0 Å². The number of rotatable bonds is 9. The van der Waals surface area contributed by atoms with Gasteiger partial charge in [0.1, 0.15) is 22.9 Å². The van der Waals surface area contributed by atoms with Gasteiger partial charge in [-0.25, -0.2) is 8.42 Å². The number of sulfonamides is 1. The highest BCUT2D eigenvalue weighted by Gasteiger charge is 2.27. The standard InChI is InChI=1S/C22H26N8O4S/c1-14(17-12-23-15(2)11-24-17)13-35(31,32)28-22-26-25-21(16-9-10-29(3)27-16)30(22)20-18(33-4)7-6-8-19(20)34-5/h6-12,14H,13H2,1-5H3,(H,26,28)/t14-/m1/s1. The Bertz CT molecular complexity index is 1410. The van der Waals surface area contributed by atoms with Crippen molar-refractivity contribution in [2.24, 2.45) is 7.05 Å². The molecule has 184 valence electrons. The summed E-state index contributed by atoms with van der Waals surface area (Å²) >= 11 is 0. The van der Waals surface area contributed by atoms with E-state index in [1.54, 1.807) is 61.5 Å². The first-order valence-electron chi connectivity index (χ1n) is 10.7. The lowest BCUT2D eigenvalue weighted by Crippen LogP contribution is -2.23. The van der Waals surface area contributed by atoms with Crippen molar-refractivity contribution in [1.82, 2.24) is 34.5 Å². The molecule has 0 bridgehead atoms. The van der Waals surface area contributed by atoms with Crippen LogP contribution in [0.25, 0.3) is 17.2 Å². The minimum atomic E-state index is -3.87. The van der Waals surface area contributed by atoms with E-state index in [1.807, 2.05) is 6.92 Å². The number of nitrogens with zero attached hydrogens (tertiary/aromatic N) is 7. The Morgan fingerprint density at radius 2 is 1.77 bits per heavy atom. The van der Waals surface area contributed by atoms with Crippen LogP contribution in [0.15, 0.2) is 42.9 Å². The Balaban J connectivity index is 1.77. The number of ether oxygens (including phenoxy) is 2. The van der Waals surface area contributed by atoms with E-state index in [-0.39, 0.29) is 11.7 Å². The third-order valence-corrected chi connectivity index (χ3v) is 6.69. The van der Waals surface area contributed by atoms with Gasteiger partial charge in [0.15, 0.2) is 5.82 Å². The molecule has 0 aliphatic carbocycles. The number of benzene rings is 1. The van der Waals surface area contributed by atoms with Crippen LogP contribution in [-0.4, -0.2) is 62.9 Å². The van der Waals surface area contributed by atoms with Gasteiger partial charge in [-0.2, -0.15) is 5.10 Å². The molecule has 0 unspecified atom stereocenters. The molecule has 4 rings (SSSR count). The number of hydrogen-bond donors (Lipinski definition) is 1. The molecule has 35 heavy (non-hydrogen) atoms. The minimum Gasteiger partial charge on any atom is -0.494 e. The fourth-order valence-electron chi connectivity index (χ4n) is 3.57. The Morgan fingerprint density at radius 1 is 1.06 bits per heavy atom. The average molecular weight is 499 g/mol. The molecule has 0 saturated carbocycles. The van der Waals surface area contributed by atoms with Crippen molar-refractivity contribution >= 4 is 16.0 Å². The van der Waals surface area contributed by atoms with Gasteiger partial charge in [-0.1, -0.05) is 13.0 Å². The van der Waals surface area contributed by atoms with Gasteiger partial charge in [0.2, 0.25) is 16.0 Å². The summed E-state index contributed by atoms with van der Waals surface area (Å²) in [6.45, 7) is 3.59. The van der Waals surface area contributed by atoms with Gasteiger partial charge in [0.05, 0.1) is 31.4 Å². The molecule has 1 aromatic carbocycles. The van der Waals surface area contributed by atoms with Gasteiger partial charge in [-0.05, 0) is 25.1 Å². The molecule has 1 N–H and O–H groups in total. The number of para-hydroxylation sites is 1. The average Bonchev–Trinajstić information content (AvgIpc) is 3.43. The summed E-state index contributed by atoms with van der Waals surface area (Å²) in [5.74, 6) is 0.502. The van der Waals surface area contributed by atoms with Crippen LogP contribution in [0.5, 0.6) is 11.5 Å². The number of hydrogen-bond acceptors (Lipinski definition) is 9. The second-order valence-corrected chi connectivity index (χ2v) is 9.70. The zero-order valence-electron chi connectivity index (χ0n) is 20.0. The highest BCUT2D eigenvalue weighted by molar-refractivity contribution is 7.92. The lowest BCUT2D eigenvalue weighted by molar-refractivity contribution is 0.391. The summed E-state index contributed by atoms with van der Waals surface area (Å²) in [5.41, 5.74) is 2.24. The summed E-state index contributed by atoms with van der Waals surface area (Å²) in [4.78, 5) is 8.50. The lowest BCUT2D eigenvalue weighted by atomic mass is 10.1. The Kier molecular flexibility index (Phi) is 6.69. The first kappa shape index (κ1) is 24.1. The predicted octanol–water partition coefficient (Wildman–Crippen LogP) is 2.33. The van der Waals surface area contributed by atoms with Crippen LogP contribution in [0, 0.1) is 6.92 Å². The molecular formula is C22H26N8O4S. The molecule has 3 aromatic heterocycles. The van der Waals surface area contributed by atoms with E-state index in [2.05, 4.69) is 30.0 Å². The van der Waals surface area contributed by atoms with Gasteiger partial charge in [-0.15, -0.1) is 10.2 Å². The topological polar surface area (TPSA) is 139 Å². The molecule has 0 aliphatic rings. The molecule has 0 amide bonds. The van der Waals surface area contributed by atoms with Gasteiger partial charge in [0.25, 0.3) is 0 Å². The van der Waals surface area contributed by atoms with Crippen molar-refractivity contribution in [2.45, 2.75) is 19.8 Å². The molecule has 4 aromatic rings. The highest BCUT2D eigenvalue weighted by Crippen LogP contribution is 2.37. The van der Waals surface area contributed by atoms with Crippen LogP contribution in [0.1, 0.15) is 24.2 Å². The van der Waals surface area contributed by atoms with Gasteiger partial charge >= 0.3 is 0 Å². The maximum atomic E-state index is 13.2. The quantitative estimate of drug-likeness (QED) is 0.368. The molecule has 3 heterocycles. The fourth-order valence-corrected chi connectivity index (χ4v) is 4.89. The number of methoxy groups -OCH3 is 2. The van der Waals surface area contributed by atoms with Crippen molar-refractivity contribution in [3.63, 3.8) is 0 Å². The summed E-state index contributed by atoms with van der Waals surface area (Å²) in [6, 6.07) is 6.98. The first-order valence-corrected chi connectivity index (χ1v) is 12.3. The molecule has 12 nitrogen and oxygen atoms in total. The highest BCUT2D eigenvalue weighted by atomic mass is 32.2. The molecule has 0 saturated heterocycles. The van der Waals surface area contributed by atoms with Gasteiger partial charge in [0, 0.05) is 31.6 Å². The molecule has 1 atom stereocenters. The second kappa shape index (κ2) is 9.70. The number of anilines is 1. The predicted molar refractivity (Wildman–Crippen MR) is 129 cm³/mol. The molecule has 0 radical (unpaired) electrons. The van der Waals surface area contributed by atoms with Crippen LogP contribution in [0.3, 0.4) is 0 Å². The van der Waals surface area contributed by atoms with Crippen molar-refractivity contribution in [1.29, 1.82) is 0 Å². The smallest absolute Gasteiger partial charge is 0.243 e. The van der Waals surface area contributed by atoms with Crippen molar-refractivity contribution in [2.75, 3.05) is 24.7 Å². The summed E-state index contributed by atoms with van der Waals surface area (Å²) < 4.78 is 43.1. The van der Waals surface area contributed by atoms with Crippen LogP contribution in [-0.2, 0) is 17.1 Å². The fraction of sp³-hybridized carbons (Fsp3) is 0.318. The minimum absolute atomic E-state index is 0.0318. The Labute approximate surface area is 203 Å². The Hall–Kier alpha value is -4.00. The molecule has 0 aliphatic heterocycles. The lowest BCUT2D eigenvalue weighted by Gasteiger charge is -2.18. The van der Waals surface area contributed by atoms with E-state index in [1.165, 1.54) is 18.8 Å². The summed E-state index contributed by atoms with van der Waals surface area (Å²) in [6.07, 6.45) is 4.94. The third kappa shape index (κ3) is 5.09. The van der Waals surface area contributed by atoms with E-state index in [0.29, 0.717) is 34.4 Å². The maximum absolute atomic E-state index is 13.2. The SMILES string of the molecule is COc1cccc(OC)c1-n1c(NS(=O)(=O)C[C@@H](C)c2cnc(C)cn2)nnc1-c1ccn(C)n1. The Morgan fingerprint density at radius 3 is 2.34 bits per heavy atom. The van der Waals surface area contributed by atoms with Gasteiger partial charge < -0.3 is 9.47 Å². The summed E-state index contributed by atoms with van der Waals surface area (Å²) in [5, 5.41) is 12.8. The molecule has 13 heteroatoms. The molecular weight excluding hydrogens is 472 g/mol. The van der Waals surface area contributed by atoms with Crippen LogP contribution in [0.4, 0.5) is 5.95 Å². The monoisotopic (exact) mass is 498 g/mol. The van der Waals surface area contributed by atoms with Crippen molar-refractivity contribution in [3.8, 4) is 28.7 Å². The third-order valence-electron chi connectivity index (χ3n) is 5.25. The van der Waals surface area contributed by atoms with Crippen LogP contribution >= 0.6 is 0 Å². The summed E-state index contributed by atoms with van der Waals surface area (Å²) in [7, 11) is 0.919. The number of aromatic nitrogens is 7. The molecule has 0 spiro atoms. The van der Waals surface area contributed by atoms with E-state index < -0.39 is 15.9 Å². The van der Waals surface area contributed by atoms with E-state index in [9.17, 15) is 8.42 Å². The second-order valence-electron chi connectivity index (χ2n) is 7.94. The van der Waals surface area contributed by atoms with E-state index in [0.717, 1.165) is 5.69 Å². The number of nitrogens with one attached hydrogen (secondary N) is 1. The van der Waals surface area contributed by atoms with Crippen molar-refractivity contribution in [3.05, 3.63) is 54.2 Å². The maximum Gasteiger partial charge on any atom is 0.243 e. The van der Waals surface area contributed by atoms with Crippen molar-refractivity contribution < 1.29 is 17.9 Å². The molecule has 0 fully saturated rings. The zero-order chi connectivity index (χ0) is 25.2. The first-order chi connectivity index (χ1) is 16.7. The zero-order valence-corrected chi connectivity index (χ0v) is 20.8. The van der Waals surface area contributed by atoms with Gasteiger partial charge in [-0.3, -0.25) is 23.9 Å². The van der Waals surface area contributed by atoms with E-state index in [4.69, 9.17) is 9.47 Å². The number of aryl methyl sites for hydroxylation is 2. The van der Waals surface area contributed by atoms with Crippen LogP contribution < -0.4 is 14.2 Å². The van der Waals surface area contributed by atoms with Crippen LogP contribution in [0.2, 0.25) is 0 Å². The largest absolute Gasteiger partial charge is 0.494 e. The normalized spacial score (nSPS) is 12.4.